The predicted octanol–water partition coefficient (Wildman–Crippen LogP) is 4.78. The van der Waals surface area contributed by atoms with Crippen LogP contribution in [0.2, 0.25) is 0 Å². The molecule has 0 bridgehead atoms. The molecular weight excluding hydrogens is 461 g/mol. The van der Waals surface area contributed by atoms with Crippen molar-refractivity contribution < 1.29 is 28.1 Å². The molecule has 0 saturated heterocycles. The van der Waals surface area contributed by atoms with Gasteiger partial charge in [-0.2, -0.15) is 0 Å². The van der Waals surface area contributed by atoms with E-state index in [9.17, 15) is 9.18 Å². The van der Waals surface area contributed by atoms with Crippen LogP contribution in [0, 0.1) is 11.7 Å². The number of hydrogen-bond acceptors (Lipinski definition) is 6. The number of nitrogens with zero attached hydrogens (tertiary/aromatic N) is 1. The molecule has 0 amide bonds. The molecule has 36 heavy (non-hydrogen) atoms. The maximum Gasteiger partial charge on any atom is 0.332 e. The highest BCUT2D eigenvalue weighted by atomic mass is 19.1. The zero-order chi connectivity index (χ0) is 25.7. The van der Waals surface area contributed by atoms with Crippen molar-refractivity contribution in [3.05, 3.63) is 58.9 Å². The van der Waals surface area contributed by atoms with E-state index in [0.29, 0.717) is 32.5 Å². The number of ether oxygens (including phenoxy) is 4. The van der Waals surface area contributed by atoms with E-state index in [1.54, 1.807) is 6.07 Å². The molecular formula is C29H38FNO5. The monoisotopic (exact) mass is 499 g/mol. The van der Waals surface area contributed by atoms with E-state index >= 15 is 0 Å². The summed E-state index contributed by atoms with van der Waals surface area (Å²) in [6.07, 6.45) is 2.91. The number of carbonyl (C=O) groups excluding carboxylic acids is 1. The molecule has 6 nitrogen and oxygen atoms in total. The number of hydrogen-bond donors (Lipinski definition) is 0. The van der Waals surface area contributed by atoms with E-state index in [-0.39, 0.29) is 30.2 Å². The van der Waals surface area contributed by atoms with Crippen LogP contribution in [0.1, 0.15) is 49.3 Å². The Labute approximate surface area is 213 Å². The van der Waals surface area contributed by atoms with Crippen molar-refractivity contribution >= 4 is 5.97 Å². The van der Waals surface area contributed by atoms with Gasteiger partial charge in [0.05, 0.1) is 0 Å². The summed E-state index contributed by atoms with van der Waals surface area (Å²) < 4.78 is 36.6. The largest absolute Gasteiger partial charge is 0.486 e. The molecule has 1 heterocycles. The summed E-state index contributed by atoms with van der Waals surface area (Å²) in [5.74, 6) is 1.23. The lowest BCUT2D eigenvalue weighted by Crippen LogP contribution is -2.49. The van der Waals surface area contributed by atoms with Crippen molar-refractivity contribution in [2.75, 3.05) is 47.1 Å². The van der Waals surface area contributed by atoms with Crippen LogP contribution in [0.25, 0.3) is 0 Å². The van der Waals surface area contributed by atoms with Gasteiger partial charge >= 0.3 is 5.97 Å². The maximum absolute atomic E-state index is 14.0. The number of fused-ring (bicyclic) bond motifs is 2. The van der Waals surface area contributed by atoms with Crippen LogP contribution in [-0.2, 0) is 27.1 Å². The summed E-state index contributed by atoms with van der Waals surface area (Å²) in [5, 5.41) is 0. The zero-order valence-corrected chi connectivity index (χ0v) is 21.8. The Balaban J connectivity index is 1.48. The molecule has 1 aliphatic heterocycles. The van der Waals surface area contributed by atoms with Crippen LogP contribution in [-0.4, -0.2) is 63.5 Å². The third-order valence-electron chi connectivity index (χ3n) is 7.38. The fourth-order valence-electron chi connectivity index (χ4n) is 5.72. The summed E-state index contributed by atoms with van der Waals surface area (Å²) in [4.78, 5) is 15.0. The van der Waals surface area contributed by atoms with Gasteiger partial charge in [-0.25, -0.2) is 9.18 Å². The fourth-order valence-corrected chi connectivity index (χ4v) is 5.72. The van der Waals surface area contributed by atoms with Crippen molar-refractivity contribution in [2.24, 2.45) is 5.92 Å². The highest BCUT2D eigenvalue weighted by molar-refractivity contribution is 5.71. The molecule has 0 unspecified atom stereocenters. The van der Waals surface area contributed by atoms with Crippen LogP contribution in [0.5, 0.6) is 11.5 Å². The van der Waals surface area contributed by atoms with Crippen LogP contribution in [0.3, 0.4) is 0 Å². The topological polar surface area (TPSA) is 57.2 Å². The van der Waals surface area contributed by atoms with Gasteiger partial charge in [-0.15, -0.1) is 0 Å². The first-order valence-corrected chi connectivity index (χ1v) is 12.9. The maximum atomic E-state index is 14.0. The minimum Gasteiger partial charge on any atom is -0.486 e. The molecule has 4 rings (SSSR count). The standard InChI is InChI=1S/C29H38FNO5/c1-20(2)28-24-7-6-23(30)18-22(24)9-11-29(28,36-27(32)19-33-4)12-14-31(3)13-10-21-5-8-25-26(17-21)35-16-15-34-25/h5-8,17-18,20,28H,9-16,19H2,1-4H3/t28-,29-/m1/s1. The van der Waals surface area contributed by atoms with Gasteiger partial charge in [0, 0.05) is 32.5 Å². The van der Waals surface area contributed by atoms with Gasteiger partial charge in [0.15, 0.2) is 11.5 Å². The average molecular weight is 500 g/mol. The first kappa shape index (κ1) is 26.4. The molecule has 0 aromatic heterocycles. The van der Waals surface area contributed by atoms with Crippen LogP contribution in [0.4, 0.5) is 4.39 Å². The Morgan fingerprint density at radius 1 is 1.14 bits per heavy atom. The second-order valence-corrected chi connectivity index (χ2v) is 10.3. The minimum absolute atomic E-state index is 0.0196. The third-order valence-corrected chi connectivity index (χ3v) is 7.38. The van der Waals surface area contributed by atoms with Gasteiger partial charge in [-0.3, -0.25) is 0 Å². The van der Waals surface area contributed by atoms with Gasteiger partial charge in [-0.05, 0) is 73.2 Å². The zero-order valence-electron chi connectivity index (χ0n) is 21.8. The van der Waals surface area contributed by atoms with Crippen LogP contribution >= 0.6 is 0 Å². The summed E-state index contributed by atoms with van der Waals surface area (Å²) in [6.45, 7) is 7.00. The van der Waals surface area contributed by atoms with E-state index < -0.39 is 5.60 Å². The van der Waals surface area contributed by atoms with Gasteiger partial charge in [0.25, 0.3) is 0 Å². The van der Waals surface area contributed by atoms with Gasteiger partial charge in [-0.1, -0.05) is 26.0 Å². The number of esters is 1. The number of aryl methyl sites for hydroxylation is 1. The molecule has 0 fully saturated rings. The highest BCUT2D eigenvalue weighted by Crippen LogP contribution is 2.48. The van der Waals surface area contributed by atoms with E-state index in [1.165, 1.54) is 18.7 Å². The first-order valence-electron chi connectivity index (χ1n) is 12.9. The van der Waals surface area contributed by atoms with Gasteiger partial charge in [0.1, 0.15) is 31.2 Å². The summed E-state index contributed by atoms with van der Waals surface area (Å²) in [7, 11) is 3.59. The van der Waals surface area contributed by atoms with E-state index in [1.807, 2.05) is 12.1 Å². The number of likely N-dealkylation sites (N-methyl/N-ethyl adjacent to an activating group) is 1. The average Bonchev–Trinajstić information content (AvgIpc) is 2.86. The van der Waals surface area contributed by atoms with Crippen molar-refractivity contribution in [2.45, 2.75) is 51.0 Å². The molecule has 1 aliphatic carbocycles. The Kier molecular flexibility index (Phi) is 8.52. The Morgan fingerprint density at radius 3 is 2.67 bits per heavy atom. The van der Waals surface area contributed by atoms with Crippen molar-refractivity contribution in [3.63, 3.8) is 0 Å². The molecule has 7 heteroatoms. The highest BCUT2D eigenvalue weighted by Gasteiger charge is 2.47. The minimum atomic E-state index is -0.667. The summed E-state index contributed by atoms with van der Waals surface area (Å²) in [5.41, 5.74) is 2.63. The lowest BCUT2D eigenvalue weighted by Gasteiger charge is -2.47. The van der Waals surface area contributed by atoms with E-state index in [0.717, 1.165) is 42.1 Å². The Bertz CT molecular complexity index is 1060. The lowest BCUT2D eigenvalue weighted by molar-refractivity contribution is -0.172. The van der Waals surface area contributed by atoms with Crippen molar-refractivity contribution in [3.8, 4) is 11.5 Å². The quantitative estimate of drug-likeness (QED) is 0.439. The van der Waals surface area contributed by atoms with E-state index in [2.05, 4.69) is 37.9 Å². The molecule has 2 aromatic carbocycles. The molecule has 2 aromatic rings. The molecule has 196 valence electrons. The molecule has 0 N–H and O–H groups in total. The number of rotatable bonds is 10. The van der Waals surface area contributed by atoms with Crippen LogP contribution in [0.15, 0.2) is 36.4 Å². The molecule has 0 spiro atoms. The van der Waals surface area contributed by atoms with Gasteiger partial charge < -0.3 is 23.8 Å². The predicted molar refractivity (Wildman–Crippen MR) is 136 cm³/mol. The Hall–Kier alpha value is -2.64. The molecule has 2 atom stereocenters. The van der Waals surface area contributed by atoms with Crippen LogP contribution < -0.4 is 9.47 Å². The molecule has 0 saturated carbocycles. The normalized spacial score (nSPS) is 20.9. The number of carbonyl (C=O) groups is 1. The van der Waals surface area contributed by atoms with Crippen molar-refractivity contribution in [1.82, 2.24) is 4.90 Å². The molecule has 2 aliphatic rings. The van der Waals surface area contributed by atoms with E-state index in [4.69, 9.17) is 18.9 Å². The Morgan fingerprint density at radius 2 is 1.92 bits per heavy atom. The number of methoxy groups -OCH3 is 1. The first-order chi connectivity index (χ1) is 17.3. The summed E-state index contributed by atoms with van der Waals surface area (Å²) in [6, 6.07) is 11.1. The second kappa shape index (κ2) is 11.6. The lowest BCUT2D eigenvalue weighted by atomic mass is 9.65. The smallest absolute Gasteiger partial charge is 0.332 e. The fraction of sp³-hybridized carbons (Fsp3) is 0.552. The number of benzene rings is 2. The molecule has 0 radical (unpaired) electrons. The van der Waals surface area contributed by atoms with Gasteiger partial charge in [0.2, 0.25) is 0 Å². The number of halogens is 1. The SMILES string of the molecule is COCC(=O)O[C@@]1(CCN(C)CCc2ccc3c(c2)OCCO3)CCc2cc(F)ccc2[C@H]1C(C)C. The third kappa shape index (κ3) is 6.01. The summed E-state index contributed by atoms with van der Waals surface area (Å²) >= 11 is 0. The van der Waals surface area contributed by atoms with Crippen molar-refractivity contribution in [1.29, 1.82) is 0 Å². The second-order valence-electron chi connectivity index (χ2n) is 10.3.